The average Bonchev–Trinajstić information content (AvgIpc) is 2.63. The molecule has 1 fully saturated rings. The number of guanidine groups is 1. The van der Waals surface area contributed by atoms with Crippen molar-refractivity contribution in [3.63, 3.8) is 0 Å². The Bertz CT molecular complexity index is 546. The van der Waals surface area contributed by atoms with E-state index < -0.39 is 0 Å². The number of nitrogens with two attached hydrogens (primary N) is 1. The molecule has 1 aliphatic rings. The molecule has 0 spiro atoms. The Labute approximate surface area is 157 Å². The van der Waals surface area contributed by atoms with Crippen molar-refractivity contribution in [3.05, 3.63) is 29.8 Å². The molecule has 1 saturated heterocycles. The van der Waals surface area contributed by atoms with Crippen LogP contribution in [0.3, 0.4) is 0 Å². The van der Waals surface area contributed by atoms with Gasteiger partial charge in [0.05, 0.1) is 19.8 Å². The summed E-state index contributed by atoms with van der Waals surface area (Å²) in [6.07, 6.45) is 1.01. The minimum absolute atomic E-state index is 0.160. The van der Waals surface area contributed by atoms with Gasteiger partial charge in [-0.3, -0.25) is 9.89 Å². The van der Waals surface area contributed by atoms with Gasteiger partial charge in [-0.1, -0.05) is 32.9 Å². The van der Waals surface area contributed by atoms with Crippen LogP contribution in [0, 0.1) is 0 Å². The number of nitrogens with zero attached hydrogens (tertiary/aromatic N) is 2. The molecular formula is C20H34N4O2. The third-order valence-electron chi connectivity index (χ3n) is 4.42. The fraction of sp³-hybridized carbons (Fsp3) is 0.650. The first-order valence-electron chi connectivity index (χ1n) is 9.52. The smallest absolute Gasteiger partial charge is 0.188 e. The van der Waals surface area contributed by atoms with E-state index in [1.165, 1.54) is 5.56 Å². The van der Waals surface area contributed by atoms with Gasteiger partial charge in [-0.15, -0.1) is 0 Å². The van der Waals surface area contributed by atoms with E-state index in [1.54, 1.807) is 0 Å². The summed E-state index contributed by atoms with van der Waals surface area (Å²) in [5.74, 6) is 1.36. The van der Waals surface area contributed by atoms with Crippen molar-refractivity contribution in [2.45, 2.75) is 32.6 Å². The zero-order valence-corrected chi connectivity index (χ0v) is 16.5. The SMILES string of the molecule is CC(C)(C)c1ccc(OCCNC(N)=NCCCN2CCOCC2)cc1. The minimum Gasteiger partial charge on any atom is -0.492 e. The summed E-state index contributed by atoms with van der Waals surface area (Å²) in [5, 5.41) is 3.10. The van der Waals surface area contributed by atoms with E-state index in [4.69, 9.17) is 15.2 Å². The normalized spacial score (nSPS) is 16.5. The topological polar surface area (TPSA) is 72.1 Å². The van der Waals surface area contributed by atoms with Gasteiger partial charge in [0.25, 0.3) is 0 Å². The number of hydrogen-bond acceptors (Lipinski definition) is 4. The molecule has 1 aliphatic heterocycles. The first-order chi connectivity index (χ1) is 12.4. The predicted molar refractivity (Wildman–Crippen MR) is 107 cm³/mol. The lowest BCUT2D eigenvalue weighted by Crippen LogP contribution is -2.37. The predicted octanol–water partition coefficient (Wildman–Crippen LogP) is 1.99. The fourth-order valence-electron chi connectivity index (χ4n) is 2.77. The van der Waals surface area contributed by atoms with E-state index in [-0.39, 0.29) is 5.41 Å². The average molecular weight is 363 g/mol. The van der Waals surface area contributed by atoms with E-state index in [2.05, 4.69) is 48.1 Å². The highest BCUT2D eigenvalue weighted by atomic mass is 16.5. The second-order valence-corrected chi connectivity index (χ2v) is 7.62. The van der Waals surface area contributed by atoms with Gasteiger partial charge in [0, 0.05) is 26.2 Å². The van der Waals surface area contributed by atoms with Gasteiger partial charge in [0.1, 0.15) is 12.4 Å². The highest BCUT2D eigenvalue weighted by molar-refractivity contribution is 5.77. The molecule has 6 heteroatoms. The van der Waals surface area contributed by atoms with Gasteiger partial charge < -0.3 is 20.5 Å². The lowest BCUT2D eigenvalue weighted by molar-refractivity contribution is 0.0377. The zero-order valence-electron chi connectivity index (χ0n) is 16.5. The molecule has 2 rings (SSSR count). The van der Waals surface area contributed by atoms with Gasteiger partial charge in [0.2, 0.25) is 0 Å². The Hall–Kier alpha value is -1.79. The molecule has 1 aromatic carbocycles. The molecule has 0 unspecified atom stereocenters. The summed E-state index contributed by atoms with van der Waals surface area (Å²) >= 11 is 0. The number of hydrogen-bond donors (Lipinski definition) is 2. The van der Waals surface area contributed by atoms with Gasteiger partial charge >= 0.3 is 0 Å². The molecule has 0 aromatic heterocycles. The van der Waals surface area contributed by atoms with Crippen LogP contribution in [-0.2, 0) is 10.2 Å². The summed E-state index contributed by atoms with van der Waals surface area (Å²) in [4.78, 5) is 6.77. The molecule has 0 bridgehead atoms. The van der Waals surface area contributed by atoms with Crippen molar-refractivity contribution in [1.29, 1.82) is 0 Å². The van der Waals surface area contributed by atoms with Crippen molar-refractivity contribution in [1.82, 2.24) is 10.2 Å². The number of ether oxygens (including phenoxy) is 2. The van der Waals surface area contributed by atoms with E-state index >= 15 is 0 Å². The lowest BCUT2D eigenvalue weighted by atomic mass is 9.87. The molecule has 0 aliphatic carbocycles. The Kier molecular flexibility index (Phi) is 8.19. The van der Waals surface area contributed by atoms with E-state index in [9.17, 15) is 0 Å². The fourth-order valence-corrected chi connectivity index (χ4v) is 2.77. The number of benzene rings is 1. The lowest BCUT2D eigenvalue weighted by Gasteiger charge is -2.26. The van der Waals surface area contributed by atoms with Gasteiger partial charge in [-0.05, 0) is 29.5 Å². The first kappa shape index (κ1) is 20.5. The Balaban J connectivity index is 1.56. The highest BCUT2D eigenvalue weighted by Crippen LogP contribution is 2.24. The van der Waals surface area contributed by atoms with Crippen LogP contribution in [0.15, 0.2) is 29.3 Å². The summed E-state index contributed by atoms with van der Waals surface area (Å²) in [6.45, 7) is 13.3. The molecule has 0 saturated carbocycles. The third-order valence-corrected chi connectivity index (χ3v) is 4.42. The van der Waals surface area contributed by atoms with Gasteiger partial charge in [0.15, 0.2) is 5.96 Å². The van der Waals surface area contributed by atoms with Crippen LogP contribution in [-0.4, -0.2) is 63.4 Å². The van der Waals surface area contributed by atoms with Crippen LogP contribution >= 0.6 is 0 Å². The quantitative estimate of drug-likeness (QED) is 0.420. The van der Waals surface area contributed by atoms with Crippen LogP contribution in [0.25, 0.3) is 0 Å². The van der Waals surface area contributed by atoms with E-state index in [1.807, 2.05) is 12.1 Å². The standard InChI is InChI=1S/C20H34N4O2/c1-20(2,3)17-5-7-18(8-6-17)26-14-10-23-19(21)22-9-4-11-24-12-15-25-16-13-24/h5-8H,4,9-16H2,1-3H3,(H3,21,22,23). The monoisotopic (exact) mass is 362 g/mol. The summed E-state index contributed by atoms with van der Waals surface area (Å²) in [5.41, 5.74) is 7.35. The van der Waals surface area contributed by atoms with Crippen molar-refractivity contribution in [2.24, 2.45) is 10.7 Å². The molecule has 146 valence electrons. The minimum atomic E-state index is 0.160. The molecule has 0 amide bonds. The summed E-state index contributed by atoms with van der Waals surface area (Å²) < 4.78 is 11.1. The van der Waals surface area contributed by atoms with Crippen molar-refractivity contribution in [2.75, 3.05) is 52.5 Å². The Morgan fingerprint density at radius 1 is 1.23 bits per heavy atom. The maximum Gasteiger partial charge on any atom is 0.188 e. The molecule has 3 N–H and O–H groups in total. The van der Waals surface area contributed by atoms with E-state index in [0.717, 1.165) is 51.6 Å². The summed E-state index contributed by atoms with van der Waals surface area (Å²) in [6, 6.07) is 8.27. The maximum absolute atomic E-state index is 5.89. The molecular weight excluding hydrogens is 328 g/mol. The largest absolute Gasteiger partial charge is 0.492 e. The van der Waals surface area contributed by atoms with Crippen LogP contribution in [0.1, 0.15) is 32.8 Å². The van der Waals surface area contributed by atoms with Gasteiger partial charge in [-0.2, -0.15) is 0 Å². The first-order valence-corrected chi connectivity index (χ1v) is 9.52. The molecule has 0 radical (unpaired) electrons. The molecule has 1 aromatic rings. The second kappa shape index (κ2) is 10.4. The molecule has 6 nitrogen and oxygen atoms in total. The Morgan fingerprint density at radius 2 is 1.92 bits per heavy atom. The Morgan fingerprint density at radius 3 is 2.58 bits per heavy atom. The van der Waals surface area contributed by atoms with Crippen molar-refractivity contribution < 1.29 is 9.47 Å². The summed E-state index contributed by atoms with van der Waals surface area (Å²) in [7, 11) is 0. The van der Waals surface area contributed by atoms with Gasteiger partial charge in [-0.25, -0.2) is 0 Å². The molecule has 1 heterocycles. The van der Waals surface area contributed by atoms with Crippen LogP contribution < -0.4 is 15.8 Å². The third kappa shape index (κ3) is 7.62. The van der Waals surface area contributed by atoms with Crippen LogP contribution in [0.5, 0.6) is 5.75 Å². The van der Waals surface area contributed by atoms with Crippen LogP contribution in [0.2, 0.25) is 0 Å². The van der Waals surface area contributed by atoms with Crippen LogP contribution in [0.4, 0.5) is 0 Å². The number of rotatable bonds is 8. The maximum atomic E-state index is 5.89. The van der Waals surface area contributed by atoms with Crippen molar-refractivity contribution >= 4 is 5.96 Å². The number of morpholine rings is 1. The highest BCUT2D eigenvalue weighted by Gasteiger charge is 2.13. The zero-order chi connectivity index (χ0) is 18.8. The number of aliphatic imine (C=N–C) groups is 1. The molecule has 26 heavy (non-hydrogen) atoms. The van der Waals surface area contributed by atoms with Crippen molar-refractivity contribution in [3.8, 4) is 5.75 Å². The number of nitrogens with one attached hydrogen (secondary N) is 1. The molecule has 0 atom stereocenters. The second-order valence-electron chi connectivity index (χ2n) is 7.62. The van der Waals surface area contributed by atoms with E-state index in [0.29, 0.717) is 19.1 Å².